The molecular weight excluding hydrogens is 385 g/mol. The molecule has 28 heavy (non-hydrogen) atoms. The number of ether oxygens (including phenoxy) is 2. The molecule has 0 atom stereocenters. The van der Waals surface area contributed by atoms with Crippen molar-refractivity contribution in [2.24, 2.45) is 0 Å². The van der Waals surface area contributed by atoms with Crippen LogP contribution in [0.15, 0.2) is 47.4 Å². The van der Waals surface area contributed by atoms with E-state index < -0.39 is 11.4 Å². The number of anilines is 2. The molecular formula is C20H17ClFN3O3. The summed E-state index contributed by atoms with van der Waals surface area (Å²) < 4.78 is 26.6. The molecule has 0 radical (unpaired) electrons. The first-order chi connectivity index (χ1) is 13.5. The van der Waals surface area contributed by atoms with Gasteiger partial charge in [0.1, 0.15) is 13.2 Å². The van der Waals surface area contributed by atoms with Crippen molar-refractivity contribution < 1.29 is 13.9 Å². The summed E-state index contributed by atoms with van der Waals surface area (Å²) in [7, 11) is 0. The van der Waals surface area contributed by atoms with Crippen LogP contribution in [0, 0.1) is 12.7 Å². The average molecular weight is 402 g/mol. The summed E-state index contributed by atoms with van der Waals surface area (Å²) >= 11 is 6.04. The summed E-state index contributed by atoms with van der Waals surface area (Å²) in [5.41, 5.74) is 1.47. The van der Waals surface area contributed by atoms with Crippen molar-refractivity contribution in [3.8, 4) is 11.5 Å². The van der Waals surface area contributed by atoms with E-state index in [1.807, 2.05) is 25.1 Å². The predicted molar refractivity (Wildman–Crippen MR) is 104 cm³/mol. The second-order valence-electron chi connectivity index (χ2n) is 6.41. The van der Waals surface area contributed by atoms with E-state index in [1.54, 1.807) is 18.2 Å². The molecule has 3 aromatic rings. The van der Waals surface area contributed by atoms with E-state index in [4.69, 9.17) is 21.1 Å². The van der Waals surface area contributed by atoms with Crippen LogP contribution in [-0.2, 0) is 6.54 Å². The number of aryl methyl sites for hydroxylation is 1. The predicted octanol–water partition coefficient (Wildman–Crippen LogP) is 3.91. The van der Waals surface area contributed by atoms with Gasteiger partial charge in [-0.05, 0) is 36.2 Å². The summed E-state index contributed by atoms with van der Waals surface area (Å²) in [5, 5.41) is 3.68. The van der Waals surface area contributed by atoms with Gasteiger partial charge in [0.15, 0.2) is 11.5 Å². The highest BCUT2D eigenvalue weighted by Gasteiger charge is 2.16. The number of aromatic nitrogens is 2. The first-order valence-electron chi connectivity index (χ1n) is 8.68. The molecule has 0 bridgehead atoms. The summed E-state index contributed by atoms with van der Waals surface area (Å²) in [6.07, 6.45) is 1.13. The summed E-state index contributed by atoms with van der Waals surface area (Å²) in [6.45, 7) is 3.14. The summed E-state index contributed by atoms with van der Waals surface area (Å²) in [4.78, 5) is 15.7. The second-order valence-corrected chi connectivity index (χ2v) is 6.85. The van der Waals surface area contributed by atoms with Crippen LogP contribution in [0.4, 0.5) is 16.0 Å². The molecule has 1 N–H and O–H groups in total. The van der Waals surface area contributed by atoms with Crippen LogP contribution >= 0.6 is 11.6 Å². The minimum atomic E-state index is -0.931. The van der Waals surface area contributed by atoms with Gasteiger partial charge in [-0.1, -0.05) is 23.7 Å². The second kappa shape index (κ2) is 7.52. The first kappa shape index (κ1) is 18.3. The van der Waals surface area contributed by atoms with Crippen molar-refractivity contribution in [2.75, 3.05) is 18.5 Å². The summed E-state index contributed by atoms with van der Waals surface area (Å²) in [6, 6.07) is 10.8. The third-order valence-corrected chi connectivity index (χ3v) is 4.57. The average Bonchev–Trinajstić information content (AvgIpc) is 2.66. The van der Waals surface area contributed by atoms with Gasteiger partial charge in [-0.3, -0.25) is 4.79 Å². The van der Waals surface area contributed by atoms with Crippen LogP contribution in [0.25, 0.3) is 0 Å². The molecule has 1 aliphatic rings. The number of nitrogens with zero attached hydrogens (tertiary/aromatic N) is 2. The van der Waals surface area contributed by atoms with Crippen molar-refractivity contribution in [3.63, 3.8) is 0 Å². The number of hydrogen-bond donors (Lipinski definition) is 1. The van der Waals surface area contributed by atoms with Gasteiger partial charge >= 0.3 is 5.56 Å². The lowest BCUT2D eigenvalue weighted by molar-refractivity contribution is 0.171. The Balaban J connectivity index is 1.71. The van der Waals surface area contributed by atoms with Gasteiger partial charge in [-0.2, -0.15) is 9.37 Å². The van der Waals surface area contributed by atoms with E-state index in [1.165, 1.54) is 4.57 Å². The molecule has 0 aliphatic carbocycles. The van der Waals surface area contributed by atoms with Crippen molar-refractivity contribution in [1.29, 1.82) is 0 Å². The molecule has 4 rings (SSSR count). The fourth-order valence-corrected chi connectivity index (χ4v) is 3.18. The van der Waals surface area contributed by atoms with E-state index >= 15 is 0 Å². The highest BCUT2D eigenvalue weighted by Crippen LogP contribution is 2.36. The highest BCUT2D eigenvalue weighted by molar-refractivity contribution is 6.30. The van der Waals surface area contributed by atoms with Gasteiger partial charge in [0.2, 0.25) is 11.8 Å². The lowest BCUT2D eigenvalue weighted by Crippen LogP contribution is -2.20. The van der Waals surface area contributed by atoms with Crippen LogP contribution < -0.4 is 20.3 Å². The molecule has 0 amide bonds. The molecule has 1 aromatic heterocycles. The van der Waals surface area contributed by atoms with Crippen LogP contribution in [-0.4, -0.2) is 22.8 Å². The third kappa shape index (κ3) is 3.80. The maximum absolute atomic E-state index is 13.9. The van der Waals surface area contributed by atoms with Crippen molar-refractivity contribution in [1.82, 2.24) is 9.55 Å². The zero-order valence-corrected chi connectivity index (χ0v) is 15.8. The standard InChI is InChI=1S/C20H17ClFN3O3/c1-12-7-17-18(28-6-5-27-17)9-16(12)23-20-24-19(26)15(22)11-25(20)10-13-3-2-4-14(21)8-13/h2-4,7-9,11H,5-6,10H2,1H3,(H,23,24,26). The molecule has 0 unspecified atom stereocenters. The Morgan fingerprint density at radius 2 is 1.96 bits per heavy atom. The first-order valence-corrected chi connectivity index (χ1v) is 9.06. The van der Waals surface area contributed by atoms with E-state index in [-0.39, 0.29) is 12.5 Å². The molecule has 0 saturated carbocycles. The van der Waals surface area contributed by atoms with Crippen molar-refractivity contribution >= 4 is 23.2 Å². The zero-order chi connectivity index (χ0) is 19.7. The van der Waals surface area contributed by atoms with Gasteiger partial charge in [0, 0.05) is 23.0 Å². The number of fused-ring (bicyclic) bond motifs is 1. The third-order valence-electron chi connectivity index (χ3n) is 4.33. The SMILES string of the molecule is Cc1cc2c(cc1Nc1nc(=O)c(F)cn1Cc1cccc(Cl)c1)OCCO2. The summed E-state index contributed by atoms with van der Waals surface area (Å²) in [5.74, 6) is 0.556. The van der Waals surface area contributed by atoms with Crippen LogP contribution in [0.2, 0.25) is 5.02 Å². The van der Waals surface area contributed by atoms with E-state index in [0.717, 1.165) is 17.3 Å². The van der Waals surface area contributed by atoms with E-state index in [9.17, 15) is 9.18 Å². The van der Waals surface area contributed by atoms with Crippen LogP contribution in [0.1, 0.15) is 11.1 Å². The van der Waals surface area contributed by atoms with Crippen LogP contribution in [0.3, 0.4) is 0 Å². The number of hydrogen-bond acceptors (Lipinski definition) is 5. The number of nitrogens with one attached hydrogen (secondary N) is 1. The molecule has 6 nitrogen and oxygen atoms in total. The van der Waals surface area contributed by atoms with E-state index in [2.05, 4.69) is 10.3 Å². The fraction of sp³-hybridized carbons (Fsp3) is 0.200. The normalized spacial score (nSPS) is 12.7. The maximum Gasteiger partial charge on any atom is 0.310 e. The lowest BCUT2D eigenvalue weighted by atomic mass is 10.1. The minimum Gasteiger partial charge on any atom is -0.486 e. The topological polar surface area (TPSA) is 65.4 Å². The fourth-order valence-electron chi connectivity index (χ4n) is 2.96. The quantitative estimate of drug-likeness (QED) is 0.718. The zero-order valence-electron chi connectivity index (χ0n) is 15.0. The Kier molecular flexibility index (Phi) is 4.92. The van der Waals surface area contributed by atoms with Crippen molar-refractivity contribution in [2.45, 2.75) is 13.5 Å². The van der Waals surface area contributed by atoms with Gasteiger partial charge in [0.05, 0.1) is 6.54 Å². The Hall–Kier alpha value is -3.06. The number of benzene rings is 2. The smallest absolute Gasteiger partial charge is 0.310 e. The molecule has 0 fully saturated rings. The number of halogens is 2. The van der Waals surface area contributed by atoms with E-state index in [0.29, 0.717) is 35.4 Å². The van der Waals surface area contributed by atoms with Crippen LogP contribution in [0.5, 0.6) is 11.5 Å². The van der Waals surface area contributed by atoms with Gasteiger partial charge in [-0.15, -0.1) is 0 Å². The van der Waals surface area contributed by atoms with Gasteiger partial charge in [-0.25, -0.2) is 0 Å². The van der Waals surface area contributed by atoms with Crippen molar-refractivity contribution in [3.05, 3.63) is 74.9 Å². The van der Waals surface area contributed by atoms with Gasteiger partial charge in [0.25, 0.3) is 0 Å². The lowest BCUT2D eigenvalue weighted by Gasteiger charge is -2.21. The molecule has 0 spiro atoms. The Morgan fingerprint density at radius 1 is 1.21 bits per heavy atom. The Labute approximate surface area is 165 Å². The highest BCUT2D eigenvalue weighted by atomic mass is 35.5. The maximum atomic E-state index is 13.9. The molecule has 1 aliphatic heterocycles. The van der Waals surface area contributed by atoms with Gasteiger partial charge < -0.3 is 19.4 Å². The Bertz CT molecular complexity index is 1100. The Morgan fingerprint density at radius 3 is 2.71 bits per heavy atom. The monoisotopic (exact) mass is 401 g/mol. The number of rotatable bonds is 4. The molecule has 144 valence electrons. The largest absolute Gasteiger partial charge is 0.486 e. The molecule has 8 heteroatoms. The molecule has 0 saturated heterocycles. The molecule has 2 heterocycles. The minimum absolute atomic E-state index is 0.214. The molecule has 2 aromatic carbocycles.